The molecule has 0 fully saturated rings. The molecule has 0 saturated heterocycles. The van der Waals surface area contributed by atoms with E-state index in [0.29, 0.717) is 5.56 Å². The van der Waals surface area contributed by atoms with Crippen LogP contribution in [0, 0.1) is 0 Å². The van der Waals surface area contributed by atoms with Crippen molar-refractivity contribution in [2.45, 2.75) is 58.4 Å². The fraction of sp³-hybridized carbons (Fsp3) is 0.321. The molecule has 0 saturated carbocycles. The van der Waals surface area contributed by atoms with E-state index in [4.69, 9.17) is 0 Å². The third-order valence-electron chi connectivity index (χ3n) is 5.47. The molecule has 0 aliphatic rings. The Labute approximate surface area is 181 Å². The molecule has 0 bridgehead atoms. The molecule has 0 aromatic heterocycles. The lowest BCUT2D eigenvalue weighted by molar-refractivity contribution is 0.0942. The summed E-state index contributed by atoms with van der Waals surface area (Å²) in [4.78, 5) is 13.4. The number of carbonyl (C=O) groups excluding carboxylic acids is 1. The van der Waals surface area contributed by atoms with Gasteiger partial charge in [0.05, 0.1) is 6.04 Å². The smallest absolute Gasteiger partial charge is 0.252 e. The Morgan fingerprint density at radius 3 is 1.43 bits per heavy atom. The van der Waals surface area contributed by atoms with Gasteiger partial charge in [0.15, 0.2) is 0 Å². The Bertz CT molecular complexity index is 921. The first-order valence-corrected chi connectivity index (χ1v) is 10.6. The molecule has 0 aliphatic carbocycles. The van der Waals surface area contributed by atoms with E-state index in [-0.39, 0.29) is 22.8 Å². The Balaban J connectivity index is 2.02. The molecule has 0 aliphatic heterocycles. The molecule has 0 spiro atoms. The average Bonchev–Trinajstić information content (AvgIpc) is 2.71. The molecule has 0 unspecified atom stereocenters. The van der Waals surface area contributed by atoms with Crippen LogP contribution in [0.25, 0.3) is 0 Å². The minimum atomic E-state index is -0.198. The van der Waals surface area contributed by atoms with Gasteiger partial charge in [-0.05, 0) is 45.2 Å². The summed E-state index contributed by atoms with van der Waals surface area (Å²) in [5.74, 6) is -0.0516. The van der Waals surface area contributed by atoms with Crippen molar-refractivity contribution < 1.29 is 4.79 Å². The SMILES string of the molecule is CC(C)(C)c1cc(C(=O)NC(c2ccccc2)c2ccccc2)cc(C(C)(C)C)c1. The summed E-state index contributed by atoms with van der Waals surface area (Å²) in [6, 6.07) is 26.4. The molecular formula is C28H33NO. The monoisotopic (exact) mass is 399 g/mol. The van der Waals surface area contributed by atoms with E-state index in [1.807, 2.05) is 48.5 Å². The molecule has 2 nitrogen and oxygen atoms in total. The summed E-state index contributed by atoms with van der Waals surface area (Å²) in [6.07, 6.45) is 0. The first-order chi connectivity index (χ1) is 14.1. The number of carbonyl (C=O) groups is 1. The van der Waals surface area contributed by atoms with Gasteiger partial charge in [-0.2, -0.15) is 0 Å². The highest BCUT2D eigenvalue weighted by Gasteiger charge is 2.24. The van der Waals surface area contributed by atoms with Crippen LogP contribution in [0.4, 0.5) is 0 Å². The highest BCUT2D eigenvalue weighted by molar-refractivity contribution is 5.95. The minimum absolute atomic E-state index is 0.0332. The molecule has 3 rings (SSSR count). The van der Waals surface area contributed by atoms with Gasteiger partial charge in [0.2, 0.25) is 0 Å². The molecule has 2 heteroatoms. The average molecular weight is 400 g/mol. The molecule has 0 radical (unpaired) electrons. The second-order valence-corrected chi connectivity index (χ2v) is 10.0. The van der Waals surface area contributed by atoms with Crippen molar-refractivity contribution in [3.8, 4) is 0 Å². The number of hydrogen-bond donors (Lipinski definition) is 1. The van der Waals surface area contributed by atoms with E-state index in [1.165, 1.54) is 11.1 Å². The van der Waals surface area contributed by atoms with E-state index >= 15 is 0 Å². The van der Waals surface area contributed by atoms with E-state index in [2.05, 4.69) is 77.2 Å². The van der Waals surface area contributed by atoms with Crippen LogP contribution in [0.3, 0.4) is 0 Å². The van der Waals surface area contributed by atoms with Crippen LogP contribution in [0.2, 0.25) is 0 Å². The largest absolute Gasteiger partial charge is 0.341 e. The summed E-state index contributed by atoms with van der Waals surface area (Å²) in [5, 5.41) is 3.28. The standard InChI is InChI=1S/C28H33NO/c1-27(2,3)23-17-22(18-24(19-23)28(4,5)6)26(30)29-25(20-13-9-7-10-14-20)21-15-11-8-12-16-21/h7-19,25H,1-6H3,(H,29,30). The molecular weight excluding hydrogens is 366 g/mol. The van der Waals surface area contributed by atoms with E-state index in [1.54, 1.807) is 0 Å². The van der Waals surface area contributed by atoms with Crippen LogP contribution in [-0.4, -0.2) is 5.91 Å². The summed E-state index contributed by atoms with van der Waals surface area (Å²) >= 11 is 0. The second-order valence-electron chi connectivity index (χ2n) is 10.0. The Morgan fingerprint density at radius 1 is 0.667 bits per heavy atom. The maximum atomic E-state index is 13.4. The van der Waals surface area contributed by atoms with Crippen LogP contribution >= 0.6 is 0 Å². The Kier molecular flexibility index (Phi) is 6.17. The number of benzene rings is 3. The first-order valence-electron chi connectivity index (χ1n) is 10.6. The van der Waals surface area contributed by atoms with Gasteiger partial charge < -0.3 is 5.32 Å². The van der Waals surface area contributed by atoms with Crippen molar-refractivity contribution in [2.75, 3.05) is 0 Å². The van der Waals surface area contributed by atoms with Gasteiger partial charge in [0.25, 0.3) is 5.91 Å². The van der Waals surface area contributed by atoms with Gasteiger partial charge in [-0.1, -0.05) is 108 Å². The number of hydrogen-bond acceptors (Lipinski definition) is 1. The zero-order valence-electron chi connectivity index (χ0n) is 19.0. The van der Waals surface area contributed by atoms with Crippen LogP contribution in [0.15, 0.2) is 78.9 Å². The predicted octanol–water partition coefficient (Wildman–Crippen LogP) is 6.80. The van der Waals surface area contributed by atoms with Crippen LogP contribution in [-0.2, 0) is 10.8 Å². The van der Waals surface area contributed by atoms with Crippen molar-refractivity contribution in [1.82, 2.24) is 5.32 Å². The van der Waals surface area contributed by atoms with E-state index in [9.17, 15) is 4.79 Å². The number of amides is 1. The normalized spacial score (nSPS) is 12.1. The number of rotatable bonds is 4. The third-order valence-corrected chi connectivity index (χ3v) is 5.47. The summed E-state index contributed by atoms with van der Waals surface area (Å²) in [7, 11) is 0. The van der Waals surface area contributed by atoms with Crippen molar-refractivity contribution in [3.05, 3.63) is 107 Å². The Hall–Kier alpha value is -2.87. The summed E-state index contributed by atoms with van der Waals surface area (Å²) in [6.45, 7) is 13.1. The van der Waals surface area contributed by atoms with Gasteiger partial charge in [-0.3, -0.25) is 4.79 Å². The van der Waals surface area contributed by atoms with E-state index < -0.39 is 0 Å². The first kappa shape index (κ1) is 21.8. The molecule has 1 amide bonds. The van der Waals surface area contributed by atoms with E-state index in [0.717, 1.165) is 11.1 Å². The predicted molar refractivity (Wildman–Crippen MR) is 126 cm³/mol. The second kappa shape index (κ2) is 8.47. The summed E-state index contributed by atoms with van der Waals surface area (Å²) < 4.78 is 0. The molecule has 30 heavy (non-hydrogen) atoms. The summed E-state index contributed by atoms with van der Waals surface area (Å²) in [5.41, 5.74) is 5.14. The molecule has 0 heterocycles. The highest BCUT2D eigenvalue weighted by atomic mass is 16.1. The molecule has 3 aromatic carbocycles. The van der Waals surface area contributed by atoms with Gasteiger partial charge in [-0.15, -0.1) is 0 Å². The van der Waals surface area contributed by atoms with Crippen molar-refractivity contribution >= 4 is 5.91 Å². The van der Waals surface area contributed by atoms with Gasteiger partial charge >= 0.3 is 0 Å². The van der Waals surface area contributed by atoms with Crippen molar-refractivity contribution in [1.29, 1.82) is 0 Å². The maximum absolute atomic E-state index is 13.4. The van der Waals surface area contributed by atoms with Gasteiger partial charge in [-0.25, -0.2) is 0 Å². The zero-order chi connectivity index (χ0) is 21.9. The highest BCUT2D eigenvalue weighted by Crippen LogP contribution is 2.31. The maximum Gasteiger partial charge on any atom is 0.252 e. The van der Waals surface area contributed by atoms with Gasteiger partial charge in [0, 0.05) is 5.56 Å². The van der Waals surface area contributed by atoms with Crippen molar-refractivity contribution in [3.63, 3.8) is 0 Å². The van der Waals surface area contributed by atoms with Gasteiger partial charge in [0.1, 0.15) is 0 Å². The topological polar surface area (TPSA) is 29.1 Å². The minimum Gasteiger partial charge on any atom is -0.341 e. The Morgan fingerprint density at radius 2 is 1.07 bits per heavy atom. The lowest BCUT2D eigenvalue weighted by atomic mass is 9.79. The molecule has 1 N–H and O–H groups in total. The zero-order valence-corrected chi connectivity index (χ0v) is 19.0. The molecule has 3 aromatic rings. The molecule has 0 atom stereocenters. The van der Waals surface area contributed by atoms with Crippen LogP contribution < -0.4 is 5.32 Å². The quantitative estimate of drug-likeness (QED) is 0.513. The fourth-order valence-corrected chi connectivity index (χ4v) is 3.49. The lowest BCUT2D eigenvalue weighted by Crippen LogP contribution is -2.30. The van der Waals surface area contributed by atoms with Crippen LogP contribution in [0.1, 0.15) is 80.2 Å². The third kappa shape index (κ3) is 5.18. The molecule has 156 valence electrons. The fourth-order valence-electron chi connectivity index (χ4n) is 3.49. The van der Waals surface area contributed by atoms with Crippen LogP contribution in [0.5, 0.6) is 0 Å². The van der Waals surface area contributed by atoms with Crippen molar-refractivity contribution in [2.24, 2.45) is 0 Å². The lowest BCUT2D eigenvalue weighted by Gasteiger charge is -2.26. The number of nitrogens with one attached hydrogen (secondary N) is 1.